The summed E-state index contributed by atoms with van der Waals surface area (Å²) in [6.45, 7) is 1.83. The third-order valence-electron chi connectivity index (χ3n) is 3.56. The monoisotopic (exact) mass is 259 g/mol. The number of hydrogen-bond acceptors (Lipinski definition) is 1. The van der Waals surface area contributed by atoms with Gasteiger partial charge in [-0.3, -0.25) is 0 Å². The number of fused-ring (bicyclic) bond motifs is 1. The number of rotatable bonds is 2. The highest BCUT2D eigenvalue weighted by atomic mass is 19.1. The second-order valence-corrected chi connectivity index (χ2v) is 4.94. The maximum Gasteiger partial charge on any atom is 0.126 e. The lowest BCUT2D eigenvalue weighted by atomic mass is 9.92. The predicted octanol–water partition coefficient (Wildman–Crippen LogP) is 3.20. The predicted molar refractivity (Wildman–Crippen MR) is 71.0 cm³/mol. The topological polar surface area (TPSA) is 12.0 Å². The minimum absolute atomic E-state index is 0.516. The molecule has 0 spiro atoms. The van der Waals surface area contributed by atoms with Crippen LogP contribution in [0.2, 0.25) is 0 Å². The molecule has 98 valence electrons. The first-order valence-electron chi connectivity index (χ1n) is 6.48. The molecule has 19 heavy (non-hydrogen) atoms. The lowest BCUT2D eigenvalue weighted by Crippen LogP contribution is -2.24. The van der Waals surface area contributed by atoms with Gasteiger partial charge in [0.25, 0.3) is 0 Å². The molecule has 0 bridgehead atoms. The van der Waals surface area contributed by atoms with Crippen molar-refractivity contribution >= 4 is 0 Å². The van der Waals surface area contributed by atoms with Gasteiger partial charge in [-0.2, -0.15) is 0 Å². The fourth-order valence-electron chi connectivity index (χ4n) is 2.68. The summed E-state index contributed by atoms with van der Waals surface area (Å²) in [5, 5.41) is 3.34. The van der Waals surface area contributed by atoms with E-state index in [0.717, 1.165) is 31.1 Å². The third-order valence-corrected chi connectivity index (χ3v) is 3.56. The van der Waals surface area contributed by atoms with Gasteiger partial charge in [-0.25, -0.2) is 8.78 Å². The molecule has 0 atom stereocenters. The van der Waals surface area contributed by atoms with Crippen LogP contribution >= 0.6 is 0 Å². The molecule has 1 aliphatic rings. The first-order chi connectivity index (χ1) is 9.22. The van der Waals surface area contributed by atoms with E-state index in [0.29, 0.717) is 12.0 Å². The maximum atomic E-state index is 13.2. The molecule has 1 heterocycles. The molecule has 0 unspecified atom stereocenters. The highest BCUT2D eigenvalue weighted by molar-refractivity contribution is 5.40. The first kappa shape index (κ1) is 12.3. The van der Waals surface area contributed by atoms with Crippen molar-refractivity contribution in [3.63, 3.8) is 0 Å². The zero-order chi connectivity index (χ0) is 13.2. The van der Waals surface area contributed by atoms with E-state index in [4.69, 9.17) is 0 Å². The summed E-state index contributed by atoms with van der Waals surface area (Å²) in [5.41, 5.74) is 4.44. The first-order valence-corrected chi connectivity index (χ1v) is 6.48. The lowest BCUT2D eigenvalue weighted by Gasteiger charge is -2.20. The average molecular weight is 259 g/mol. The van der Waals surface area contributed by atoms with E-state index in [9.17, 15) is 8.78 Å². The van der Waals surface area contributed by atoms with Gasteiger partial charge in [0.1, 0.15) is 11.6 Å². The van der Waals surface area contributed by atoms with E-state index in [2.05, 4.69) is 11.4 Å². The summed E-state index contributed by atoms with van der Waals surface area (Å²) in [7, 11) is 0. The second kappa shape index (κ2) is 5.10. The van der Waals surface area contributed by atoms with Crippen LogP contribution in [-0.4, -0.2) is 6.54 Å². The summed E-state index contributed by atoms with van der Waals surface area (Å²) in [6, 6.07) is 9.90. The SMILES string of the molecule is Fc1cc(F)cc(Cc2cccc3c2CNCC3)c1. The Morgan fingerprint density at radius 1 is 1.05 bits per heavy atom. The van der Waals surface area contributed by atoms with Crippen LogP contribution < -0.4 is 5.32 Å². The van der Waals surface area contributed by atoms with Crippen LogP contribution in [0.4, 0.5) is 8.78 Å². The number of benzene rings is 2. The highest BCUT2D eigenvalue weighted by Crippen LogP contribution is 2.22. The van der Waals surface area contributed by atoms with Crippen LogP contribution in [0.3, 0.4) is 0 Å². The molecular weight excluding hydrogens is 244 g/mol. The minimum atomic E-state index is -0.516. The molecule has 2 aromatic rings. The molecule has 0 saturated carbocycles. The fourth-order valence-corrected chi connectivity index (χ4v) is 2.68. The van der Waals surface area contributed by atoms with Crippen LogP contribution in [0.1, 0.15) is 22.3 Å². The zero-order valence-corrected chi connectivity index (χ0v) is 10.5. The van der Waals surface area contributed by atoms with Crippen molar-refractivity contribution < 1.29 is 8.78 Å². The molecule has 1 N–H and O–H groups in total. The van der Waals surface area contributed by atoms with Crippen molar-refractivity contribution in [3.8, 4) is 0 Å². The van der Waals surface area contributed by atoms with Gasteiger partial charge in [0.05, 0.1) is 0 Å². The van der Waals surface area contributed by atoms with Crippen molar-refractivity contribution in [2.24, 2.45) is 0 Å². The van der Waals surface area contributed by atoms with Crippen molar-refractivity contribution in [1.82, 2.24) is 5.32 Å². The number of halogens is 2. The van der Waals surface area contributed by atoms with E-state index in [1.165, 1.54) is 23.3 Å². The molecular formula is C16H15F2N. The fraction of sp³-hybridized carbons (Fsp3) is 0.250. The third kappa shape index (κ3) is 2.66. The molecule has 2 aromatic carbocycles. The normalized spacial score (nSPS) is 14.2. The van der Waals surface area contributed by atoms with Crippen LogP contribution in [0.5, 0.6) is 0 Å². The van der Waals surface area contributed by atoms with E-state index in [1.807, 2.05) is 12.1 Å². The quantitative estimate of drug-likeness (QED) is 0.873. The Bertz CT molecular complexity index is 587. The Morgan fingerprint density at radius 3 is 2.63 bits per heavy atom. The van der Waals surface area contributed by atoms with Gasteiger partial charge in [0, 0.05) is 12.6 Å². The van der Waals surface area contributed by atoms with Crippen LogP contribution in [0, 0.1) is 11.6 Å². The molecule has 0 saturated heterocycles. The van der Waals surface area contributed by atoms with Gasteiger partial charge < -0.3 is 5.32 Å². The smallest absolute Gasteiger partial charge is 0.126 e. The zero-order valence-electron chi connectivity index (χ0n) is 10.5. The molecule has 1 nitrogen and oxygen atoms in total. The van der Waals surface area contributed by atoms with Crippen LogP contribution in [0.25, 0.3) is 0 Å². The summed E-state index contributed by atoms with van der Waals surface area (Å²) in [6.07, 6.45) is 1.58. The van der Waals surface area contributed by atoms with Gasteiger partial charge in [-0.05, 0) is 53.8 Å². The second-order valence-electron chi connectivity index (χ2n) is 4.94. The van der Waals surface area contributed by atoms with E-state index < -0.39 is 11.6 Å². The molecule has 0 aromatic heterocycles. The van der Waals surface area contributed by atoms with Crippen molar-refractivity contribution in [2.45, 2.75) is 19.4 Å². The van der Waals surface area contributed by atoms with Gasteiger partial charge in [-0.15, -0.1) is 0 Å². The molecule has 0 fully saturated rings. The Morgan fingerprint density at radius 2 is 1.84 bits per heavy atom. The molecule has 0 aliphatic carbocycles. The molecule has 0 amide bonds. The van der Waals surface area contributed by atoms with E-state index >= 15 is 0 Å². The summed E-state index contributed by atoms with van der Waals surface area (Å²) in [5.74, 6) is -1.03. The van der Waals surface area contributed by atoms with Gasteiger partial charge in [0.15, 0.2) is 0 Å². The molecule has 3 rings (SSSR count). The Hall–Kier alpha value is -1.74. The van der Waals surface area contributed by atoms with Gasteiger partial charge in [0.2, 0.25) is 0 Å². The van der Waals surface area contributed by atoms with Crippen molar-refractivity contribution in [1.29, 1.82) is 0 Å². The number of nitrogens with one attached hydrogen (secondary N) is 1. The number of hydrogen-bond donors (Lipinski definition) is 1. The van der Waals surface area contributed by atoms with Crippen molar-refractivity contribution in [3.05, 3.63) is 70.3 Å². The minimum Gasteiger partial charge on any atom is -0.312 e. The Balaban J connectivity index is 1.95. The van der Waals surface area contributed by atoms with E-state index in [-0.39, 0.29) is 0 Å². The largest absolute Gasteiger partial charge is 0.312 e. The summed E-state index contributed by atoms with van der Waals surface area (Å²) >= 11 is 0. The molecule has 0 radical (unpaired) electrons. The van der Waals surface area contributed by atoms with Gasteiger partial charge >= 0.3 is 0 Å². The molecule has 1 aliphatic heterocycles. The van der Waals surface area contributed by atoms with Crippen LogP contribution in [-0.2, 0) is 19.4 Å². The Kier molecular flexibility index (Phi) is 3.30. The highest BCUT2D eigenvalue weighted by Gasteiger charge is 2.13. The Labute approximate surface area is 111 Å². The van der Waals surface area contributed by atoms with Crippen molar-refractivity contribution in [2.75, 3.05) is 6.54 Å². The van der Waals surface area contributed by atoms with Crippen LogP contribution in [0.15, 0.2) is 36.4 Å². The summed E-state index contributed by atoms with van der Waals surface area (Å²) < 4.78 is 26.4. The van der Waals surface area contributed by atoms with Gasteiger partial charge in [-0.1, -0.05) is 18.2 Å². The van der Waals surface area contributed by atoms with E-state index in [1.54, 1.807) is 0 Å². The average Bonchev–Trinajstić information content (AvgIpc) is 2.38. The standard InChI is InChI=1S/C16H15F2N/c17-14-7-11(8-15(18)9-14)6-13-3-1-2-12-4-5-19-10-16(12)13/h1-3,7-9,19H,4-6,10H2. The molecule has 3 heteroatoms. The lowest BCUT2D eigenvalue weighted by molar-refractivity contribution is 0.580. The maximum absolute atomic E-state index is 13.2. The summed E-state index contributed by atoms with van der Waals surface area (Å²) in [4.78, 5) is 0.